The third-order valence-electron chi connectivity index (χ3n) is 5.61. The van der Waals surface area contributed by atoms with Gasteiger partial charge in [-0.2, -0.15) is 0 Å². The standard InChI is InChI=1S/C26H30N2O2S2/c1-29-21-11-7-19(8-12-21)25(31)15-17-27-23-5-3-4-6-24(23)28-18-16-26(32)20-9-13-22(30-2)14-10-20/h7-18,23-24,27-28H,3-6H2,1-2H3/t23-,24-/m0/s1. The molecule has 0 heterocycles. The number of ether oxygens (including phenoxy) is 2. The molecule has 0 aromatic heterocycles. The van der Waals surface area contributed by atoms with Crippen molar-refractivity contribution in [3.05, 3.63) is 84.2 Å². The van der Waals surface area contributed by atoms with Crippen LogP contribution < -0.4 is 20.1 Å². The van der Waals surface area contributed by atoms with Crippen molar-refractivity contribution in [1.29, 1.82) is 0 Å². The van der Waals surface area contributed by atoms with E-state index in [1.807, 2.05) is 73.1 Å². The molecule has 0 saturated heterocycles. The highest BCUT2D eigenvalue weighted by Gasteiger charge is 2.22. The summed E-state index contributed by atoms with van der Waals surface area (Å²) < 4.78 is 10.4. The van der Waals surface area contributed by atoms with Crippen LogP contribution in [0.5, 0.6) is 11.5 Å². The van der Waals surface area contributed by atoms with Crippen molar-refractivity contribution in [2.24, 2.45) is 0 Å². The molecular weight excluding hydrogens is 436 g/mol. The van der Waals surface area contributed by atoms with Crippen LogP contribution in [-0.2, 0) is 0 Å². The van der Waals surface area contributed by atoms with Crippen molar-refractivity contribution in [1.82, 2.24) is 10.6 Å². The monoisotopic (exact) mass is 466 g/mol. The number of hydrogen-bond acceptors (Lipinski definition) is 6. The van der Waals surface area contributed by atoms with Crippen LogP contribution in [0.25, 0.3) is 0 Å². The highest BCUT2D eigenvalue weighted by Crippen LogP contribution is 2.19. The largest absolute Gasteiger partial charge is 0.497 e. The Hall–Kier alpha value is -2.70. The molecule has 0 amide bonds. The smallest absolute Gasteiger partial charge is 0.118 e. The average molecular weight is 467 g/mol. The molecule has 4 nitrogen and oxygen atoms in total. The maximum atomic E-state index is 5.54. The molecule has 2 aromatic rings. The number of thiocarbonyl (C=S) groups is 2. The van der Waals surface area contributed by atoms with E-state index in [2.05, 4.69) is 10.6 Å². The van der Waals surface area contributed by atoms with Gasteiger partial charge in [-0.3, -0.25) is 0 Å². The quantitative estimate of drug-likeness (QED) is 0.279. The molecule has 1 fully saturated rings. The van der Waals surface area contributed by atoms with E-state index in [-0.39, 0.29) is 0 Å². The highest BCUT2D eigenvalue weighted by molar-refractivity contribution is 7.81. The zero-order chi connectivity index (χ0) is 22.8. The summed E-state index contributed by atoms with van der Waals surface area (Å²) in [5.74, 6) is 1.66. The molecule has 168 valence electrons. The maximum absolute atomic E-state index is 5.54. The van der Waals surface area contributed by atoms with Gasteiger partial charge in [0.1, 0.15) is 11.5 Å². The summed E-state index contributed by atoms with van der Waals surface area (Å²) in [4.78, 5) is 1.59. The van der Waals surface area contributed by atoms with Gasteiger partial charge < -0.3 is 20.1 Å². The van der Waals surface area contributed by atoms with Gasteiger partial charge in [-0.1, -0.05) is 37.3 Å². The molecule has 2 aromatic carbocycles. The minimum absolute atomic E-state index is 0.345. The van der Waals surface area contributed by atoms with E-state index in [0.29, 0.717) is 12.1 Å². The molecule has 0 spiro atoms. The first-order valence-corrected chi connectivity index (χ1v) is 11.6. The summed E-state index contributed by atoms with van der Waals surface area (Å²) in [7, 11) is 3.32. The van der Waals surface area contributed by atoms with Gasteiger partial charge in [0.2, 0.25) is 0 Å². The van der Waals surface area contributed by atoms with E-state index in [1.54, 1.807) is 14.2 Å². The fourth-order valence-electron chi connectivity index (χ4n) is 3.73. The number of rotatable bonds is 10. The Morgan fingerprint density at radius 2 is 1.09 bits per heavy atom. The molecule has 6 heteroatoms. The van der Waals surface area contributed by atoms with Gasteiger partial charge in [0.25, 0.3) is 0 Å². The van der Waals surface area contributed by atoms with Crippen LogP contribution in [0.2, 0.25) is 0 Å². The highest BCUT2D eigenvalue weighted by atomic mass is 32.1. The summed E-state index contributed by atoms with van der Waals surface area (Å²) in [6.07, 6.45) is 12.5. The second-order valence-corrected chi connectivity index (χ2v) is 8.56. The fourth-order valence-corrected chi connectivity index (χ4v) is 4.14. The lowest BCUT2D eigenvalue weighted by Crippen LogP contribution is -2.46. The van der Waals surface area contributed by atoms with Gasteiger partial charge in [0.05, 0.1) is 14.2 Å². The summed E-state index contributed by atoms with van der Waals surface area (Å²) in [5.41, 5.74) is 2.01. The molecule has 3 rings (SSSR count). The predicted molar refractivity (Wildman–Crippen MR) is 140 cm³/mol. The van der Waals surface area contributed by atoms with Crippen molar-refractivity contribution in [2.75, 3.05) is 14.2 Å². The van der Waals surface area contributed by atoms with Crippen molar-refractivity contribution in [3.8, 4) is 11.5 Å². The van der Waals surface area contributed by atoms with Crippen LogP contribution in [0, 0.1) is 0 Å². The number of methoxy groups -OCH3 is 2. The Morgan fingerprint density at radius 1 is 0.719 bits per heavy atom. The second kappa shape index (κ2) is 12.4. The van der Waals surface area contributed by atoms with E-state index in [0.717, 1.165) is 45.2 Å². The van der Waals surface area contributed by atoms with Gasteiger partial charge in [-0.25, -0.2) is 0 Å². The first-order chi connectivity index (χ1) is 15.6. The van der Waals surface area contributed by atoms with Crippen LogP contribution in [0.3, 0.4) is 0 Å². The third kappa shape index (κ3) is 6.90. The fraction of sp³-hybridized carbons (Fsp3) is 0.308. The molecule has 0 bridgehead atoms. The average Bonchev–Trinajstić information content (AvgIpc) is 2.85. The molecule has 0 radical (unpaired) electrons. The van der Waals surface area contributed by atoms with E-state index in [9.17, 15) is 0 Å². The van der Waals surface area contributed by atoms with Gasteiger partial charge in [-0.15, -0.1) is 0 Å². The van der Waals surface area contributed by atoms with Gasteiger partial charge in [0.15, 0.2) is 0 Å². The Balaban J connectivity index is 1.52. The molecule has 1 saturated carbocycles. The summed E-state index contributed by atoms with van der Waals surface area (Å²) in [6.45, 7) is 0. The number of hydrogen-bond donors (Lipinski definition) is 2. The molecule has 32 heavy (non-hydrogen) atoms. The van der Waals surface area contributed by atoms with Crippen LogP contribution in [0.1, 0.15) is 36.8 Å². The van der Waals surface area contributed by atoms with Crippen LogP contribution in [0.4, 0.5) is 0 Å². The Kier molecular flexibility index (Phi) is 9.26. The normalized spacial score (nSPS) is 18.4. The topological polar surface area (TPSA) is 42.5 Å². The zero-order valence-corrected chi connectivity index (χ0v) is 20.2. The lowest BCUT2D eigenvalue weighted by Gasteiger charge is -2.32. The van der Waals surface area contributed by atoms with Crippen molar-refractivity contribution in [2.45, 2.75) is 37.8 Å². The molecule has 1 aliphatic carbocycles. The summed E-state index contributed by atoms with van der Waals surface area (Å²) in [5, 5.41) is 7.08. The molecule has 0 aliphatic heterocycles. The van der Waals surface area contributed by atoms with Gasteiger partial charge >= 0.3 is 0 Å². The first kappa shape index (κ1) is 24.0. The minimum Gasteiger partial charge on any atom is -0.497 e. The molecular formula is C26H30N2O2S2. The van der Waals surface area contributed by atoms with Crippen LogP contribution in [0.15, 0.2) is 73.1 Å². The summed E-state index contributed by atoms with van der Waals surface area (Å²) in [6, 6.07) is 16.3. The maximum Gasteiger partial charge on any atom is 0.118 e. The predicted octanol–water partition coefficient (Wildman–Crippen LogP) is 5.36. The number of nitrogens with one attached hydrogen (secondary N) is 2. The first-order valence-electron chi connectivity index (χ1n) is 10.8. The Labute approximate surface area is 201 Å². The van der Waals surface area contributed by atoms with Crippen molar-refractivity contribution in [3.63, 3.8) is 0 Å². The molecule has 2 atom stereocenters. The van der Waals surface area contributed by atoms with E-state index < -0.39 is 0 Å². The number of benzene rings is 2. The van der Waals surface area contributed by atoms with Gasteiger partial charge in [0, 0.05) is 21.8 Å². The van der Waals surface area contributed by atoms with Crippen LogP contribution in [-0.4, -0.2) is 36.0 Å². The van der Waals surface area contributed by atoms with E-state index in [1.165, 1.54) is 12.8 Å². The lowest BCUT2D eigenvalue weighted by atomic mass is 9.90. The Morgan fingerprint density at radius 3 is 1.44 bits per heavy atom. The van der Waals surface area contributed by atoms with Gasteiger partial charge in [-0.05, 0) is 97.1 Å². The Bertz CT molecular complexity index is 873. The second-order valence-electron chi connectivity index (χ2n) is 7.68. The summed E-state index contributed by atoms with van der Waals surface area (Å²) >= 11 is 11.1. The van der Waals surface area contributed by atoms with E-state index >= 15 is 0 Å². The van der Waals surface area contributed by atoms with Crippen molar-refractivity contribution < 1.29 is 9.47 Å². The molecule has 2 N–H and O–H groups in total. The van der Waals surface area contributed by atoms with E-state index in [4.69, 9.17) is 33.9 Å². The zero-order valence-electron chi connectivity index (χ0n) is 18.5. The third-order valence-corrected chi connectivity index (χ3v) is 6.35. The lowest BCUT2D eigenvalue weighted by molar-refractivity contribution is 0.324. The SMILES string of the molecule is COc1ccc(C(=S)C=CN[C@H]2CCCC[C@@H]2NC=CC(=S)c2ccc(OC)cc2)cc1. The number of allylic oxidation sites excluding steroid dienone is 2. The van der Waals surface area contributed by atoms with Crippen molar-refractivity contribution >= 4 is 34.2 Å². The molecule has 0 unspecified atom stereocenters. The van der Waals surface area contributed by atoms with Crippen LogP contribution >= 0.6 is 24.4 Å². The molecule has 1 aliphatic rings. The minimum atomic E-state index is 0.345.